The van der Waals surface area contributed by atoms with Gasteiger partial charge in [0.15, 0.2) is 5.82 Å². The Morgan fingerprint density at radius 3 is 2.77 bits per heavy atom. The van der Waals surface area contributed by atoms with E-state index in [0.29, 0.717) is 5.92 Å². The van der Waals surface area contributed by atoms with Crippen LogP contribution in [0.5, 0.6) is 5.75 Å². The Labute approximate surface area is 178 Å². The number of pyridine rings is 1. The molecule has 1 fully saturated rings. The van der Waals surface area contributed by atoms with E-state index in [1.54, 1.807) is 13.3 Å². The highest BCUT2D eigenvalue weighted by molar-refractivity contribution is 5.56. The lowest BCUT2D eigenvalue weighted by Crippen LogP contribution is -2.34. The maximum Gasteiger partial charge on any atom is 0.163 e. The van der Waals surface area contributed by atoms with Crippen LogP contribution in [-0.2, 0) is 6.54 Å². The van der Waals surface area contributed by atoms with Crippen LogP contribution in [0.25, 0.3) is 11.4 Å². The summed E-state index contributed by atoms with van der Waals surface area (Å²) >= 11 is 0. The number of hydrogen-bond donors (Lipinski definition) is 0. The van der Waals surface area contributed by atoms with E-state index in [9.17, 15) is 0 Å². The first-order chi connectivity index (χ1) is 14.6. The standard InChI is InChI=1S/C24H29N5O/c1-28(2)23-14-21(26-24(27-23)18-9-6-12-25-15-18)19-10-7-13-29(16-19)17-20-8-4-5-11-22(20)30-3/h4-6,8-9,11-12,14-15,19H,7,10,13,16-17H2,1-3H3/t19-/m0/s1. The fourth-order valence-electron chi connectivity index (χ4n) is 4.03. The van der Waals surface area contributed by atoms with Crippen molar-refractivity contribution in [3.63, 3.8) is 0 Å². The first-order valence-electron chi connectivity index (χ1n) is 10.4. The summed E-state index contributed by atoms with van der Waals surface area (Å²) < 4.78 is 5.55. The quantitative estimate of drug-likeness (QED) is 0.620. The van der Waals surface area contributed by atoms with E-state index in [2.05, 4.69) is 28.1 Å². The highest BCUT2D eigenvalue weighted by atomic mass is 16.5. The molecule has 4 rings (SSSR count). The predicted molar refractivity (Wildman–Crippen MR) is 120 cm³/mol. The summed E-state index contributed by atoms with van der Waals surface area (Å²) in [7, 11) is 5.78. The fraction of sp³-hybridized carbons (Fsp3) is 0.375. The van der Waals surface area contributed by atoms with Gasteiger partial charge in [0.05, 0.1) is 12.8 Å². The van der Waals surface area contributed by atoms with Crippen molar-refractivity contribution in [2.45, 2.75) is 25.3 Å². The molecule has 0 bridgehead atoms. The van der Waals surface area contributed by atoms with Crippen molar-refractivity contribution in [3.05, 3.63) is 66.1 Å². The molecule has 2 aromatic heterocycles. The fourth-order valence-corrected chi connectivity index (χ4v) is 4.03. The summed E-state index contributed by atoms with van der Waals surface area (Å²) in [5.74, 6) is 3.01. The van der Waals surface area contributed by atoms with Gasteiger partial charge in [-0.1, -0.05) is 18.2 Å². The van der Waals surface area contributed by atoms with E-state index in [-0.39, 0.29) is 0 Å². The third kappa shape index (κ3) is 4.60. The van der Waals surface area contributed by atoms with Crippen LogP contribution >= 0.6 is 0 Å². The number of hydrogen-bond acceptors (Lipinski definition) is 6. The van der Waals surface area contributed by atoms with Crippen molar-refractivity contribution in [2.75, 3.05) is 39.2 Å². The van der Waals surface area contributed by atoms with Crippen molar-refractivity contribution in [2.24, 2.45) is 0 Å². The van der Waals surface area contributed by atoms with E-state index < -0.39 is 0 Å². The number of methoxy groups -OCH3 is 1. The van der Waals surface area contributed by atoms with Gasteiger partial charge in [-0.25, -0.2) is 9.97 Å². The normalized spacial score (nSPS) is 17.0. The summed E-state index contributed by atoms with van der Waals surface area (Å²) in [4.78, 5) is 18.5. The van der Waals surface area contributed by atoms with Crippen molar-refractivity contribution in [1.82, 2.24) is 19.9 Å². The van der Waals surface area contributed by atoms with Gasteiger partial charge in [0, 0.05) is 62.7 Å². The number of aromatic nitrogens is 3. The molecule has 0 amide bonds. The first kappa shape index (κ1) is 20.3. The van der Waals surface area contributed by atoms with E-state index >= 15 is 0 Å². The minimum absolute atomic E-state index is 0.380. The van der Waals surface area contributed by atoms with Crippen LogP contribution in [0.1, 0.15) is 30.0 Å². The Hall–Kier alpha value is -2.99. The second kappa shape index (κ2) is 9.22. The Morgan fingerprint density at radius 1 is 1.13 bits per heavy atom. The number of ether oxygens (including phenoxy) is 1. The van der Waals surface area contributed by atoms with Gasteiger partial charge in [-0.15, -0.1) is 0 Å². The van der Waals surface area contributed by atoms with Gasteiger partial charge in [-0.2, -0.15) is 0 Å². The lowest BCUT2D eigenvalue weighted by atomic mass is 9.93. The second-order valence-corrected chi connectivity index (χ2v) is 8.00. The van der Waals surface area contributed by atoms with E-state index in [1.807, 2.05) is 49.5 Å². The van der Waals surface area contributed by atoms with Gasteiger partial charge >= 0.3 is 0 Å². The lowest BCUT2D eigenvalue weighted by molar-refractivity contribution is 0.196. The van der Waals surface area contributed by atoms with Crippen LogP contribution < -0.4 is 9.64 Å². The molecule has 1 aliphatic rings. The molecule has 0 unspecified atom stereocenters. The van der Waals surface area contributed by atoms with Gasteiger partial charge in [-0.3, -0.25) is 9.88 Å². The molecule has 1 saturated heterocycles. The Bertz CT molecular complexity index is 976. The molecule has 1 atom stereocenters. The number of anilines is 1. The largest absolute Gasteiger partial charge is 0.496 e. The first-order valence-corrected chi connectivity index (χ1v) is 10.4. The Kier molecular flexibility index (Phi) is 6.23. The molecule has 0 spiro atoms. The zero-order chi connectivity index (χ0) is 20.9. The van der Waals surface area contributed by atoms with Gasteiger partial charge in [-0.05, 0) is 37.6 Å². The predicted octanol–water partition coefficient (Wildman–Crippen LogP) is 3.99. The molecule has 1 aromatic carbocycles. The average molecular weight is 404 g/mol. The SMILES string of the molecule is COc1ccccc1CN1CCC[C@H](c2cc(N(C)C)nc(-c3cccnc3)n2)C1. The van der Waals surface area contributed by atoms with Crippen LogP contribution in [0.2, 0.25) is 0 Å². The minimum Gasteiger partial charge on any atom is -0.496 e. The van der Waals surface area contributed by atoms with Crippen LogP contribution in [0.3, 0.4) is 0 Å². The second-order valence-electron chi connectivity index (χ2n) is 8.00. The summed E-state index contributed by atoms with van der Waals surface area (Å²) in [5.41, 5.74) is 3.29. The Balaban J connectivity index is 1.59. The number of para-hydroxylation sites is 1. The van der Waals surface area contributed by atoms with E-state index in [4.69, 9.17) is 14.7 Å². The molecule has 0 saturated carbocycles. The molecule has 3 aromatic rings. The van der Waals surface area contributed by atoms with Crippen molar-refractivity contribution < 1.29 is 4.74 Å². The van der Waals surface area contributed by atoms with Crippen LogP contribution in [0.15, 0.2) is 54.9 Å². The van der Waals surface area contributed by atoms with Crippen LogP contribution in [0.4, 0.5) is 5.82 Å². The van der Waals surface area contributed by atoms with Crippen LogP contribution in [-0.4, -0.2) is 54.1 Å². The minimum atomic E-state index is 0.380. The molecule has 6 heteroatoms. The molecule has 1 aliphatic heterocycles. The topological polar surface area (TPSA) is 54.4 Å². The van der Waals surface area contributed by atoms with Gasteiger partial charge in [0.1, 0.15) is 11.6 Å². The molecule has 0 N–H and O–H groups in total. The lowest BCUT2D eigenvalue weighted by Gasteiger charge is -2.33. The Morgan fingerprint density at radius 2 is 2.00 bits per heavy atom. The molecular formula is C24H29N5O. The van der Waals surface area contributed by atoms with Crippen molar-refractivity contribution in [1.29, 1.82) is 0 Å². The summed E-state index contributed by atoms with van der Waals surface area (Å²) in [6.07, 6.45) is 5.90. The van der Waals surface area contributed by atoms with Gasteiger partial charge in [0.25, 0.3) is 0 Å². The molecule has 6 nitrogen and oxygen atoms in total. The highest BCUT2D eigenvalue weighted by Gasteiger charge is 2.24. The summed E-state index contributed by atoms with van der Waals surface area (Å²) in [6.45, 7) is 2.96. The summed E-state index contributed by atoms with van der Waals surface area (Å²) in [5, 5.41) is 0. The molecule has 3 heterocycles. The zero-order valence-corrected chi connectivity index (χ0v) is 18.0. The average Bonchev–Trinajstić information content (AvgIpc) is 2.80. The summed E-state index contributed by atoms with van der Waals surface area (Å²) in [6, 6.07) is 14.4. The highest BCUT2D eigenvalue weighted by Crippen LogP contribution is 2.31. The van der Waals surface area contributed by atoms with Gasteiger partial charge in [0.2, 0.25) is 0 Å². The van der Waals surface area contributed by atoms with Crippen molar-refractivity contribution in [3.8, 4) is 17.1 Å². The maximum atomic E-state index is 5.55. The monoisotopic (exact) mass is 403 g/mol. The maximum absolute atomic E-state index is 5.55. The molecule has 30 heavy (non-hydrogen) atoms. The number of benzene rings is 1. The molecular weight excluding hydrogens is 374 g/mol. The van der Waals surface area contributed by atoms with E-state index in [0.717, 1.165) is 61.1 Å². The van der Waals surface area contributed by atoms with Crippen molar-refractivity contribution >= 4 is 5.82 Å². The smallest absolute Gasteiger partial charge is 0.163 e. The number of piperidine rings is 1. The number of likely N-dealkylation sites (tertiary alicyclic amines) is 1. The third-order valence-electron chi connectivity index (χ3n) is 5.62. The zero-order valence-electron chi connectivity index (χ0n) is 18.0. The number of rotatable bonds is 6. The third-order valence-corrected chi connectivity index (χ3v) is 5.62. The van der Waals surface area contributed by atoms with Gasteiger partial charge < -0.3 is 9.64 Å². The molecule has 156 valence electrons. The molecule has 0 aliphatic carbocycles. The molecule has 0 radical (unpaired) electrons. The van der Waals surface area contributed by atoms with Crippen LogP contribution in [0, 0.1) is 0 Å². The van der Waals surface area contributed by atoms with E-state index in [1.165, 1.54) is 5.56 Å². The number of nitrogens with zero attached hydrogens (tertiary/aromatic N) is 5.